The number of aliphatic hydroxyl groups is 1. The lowest BCUT2D eigenvalue weighted by atomic mass is 9.99. The van der Waals surface area contributed by atoms with Crippen LogP contribution in [0.2, 0.25) is 0 Å². The molecule has 0 aliphatic heterocycles. The van der Waals surface area contributed by atoms with E-state index >= 15 is 0 Å². The fourth-order valence-electron chi connectivity index (χ4n) is 13.6. The van der Waals surface area contributed by atoms with Crippen LogP contribution >= 0.6 is 15.6 Å². The molecule has 0 aliphatic carbocycles. The van der Waals surface area contributed by atoms with Crippen LogP contribution in [0, 0.1) is 11.8 Å². The minimum absolute atomic E-state index is 0.108. The smallest absolute Gasteiger partial charge is 0.462 e. The summed E-state index contributed by atoms with van der Waals surface area (Å²) in [6.45, 7) is 9.74. The summed E-state index contributed by atoms with van der Waals surface area (Å²) >= 11 is 0. The second kappa shape index (κ2) is 78.3. The van der Waals surface area contributed by atoms with Crippen molar-refractivity contribution in [1.29, 1.82) is 0 Å². The molecule has 19 heteroatoms. The first-order valence-corrected chi connectivity index (χ1v) is 48.0. The predicted molar refractivity (Wildman–Crippen MR) is 437 cm³/mol. The molecule has 0 saturated heterocycles. The number of esters is 4. The van der Waals surface area contributed by atoms with E-state index in [1.807, 2.05) is 0 Å². The Kier molecular flexibility index (Phi) is 76.9. The summed E-state index contributed by atoms with van der Waals surface area (Å²) in [5.41, 5.74) is 0. The third-order valence-corrected chi connectivity index (χ3v) is 22.7. The molecule has 0 spiro atoms. The van der Waals surface area contributed by atoms with Gasteiger partial charge in [0.25, 0.3) is 0 Å². The van der Waals surface area contributed by atoms with Gasteiger partial charge >= 0.3 is 39.5 Å². The number of unbranched alkanes of at least 4 members (excludes halogenated alkanes) is 55. The van der Waals surface area contributed by atoms with Crippen molar-refractivity contribution in [1.82, 2.24) is 0 Å². The first-order chi connectivity index (χ1) is 51.4. The molecule has 0 aromatic rings. The molecule has 106 heavy (non-hydrogen) atoms. The lowest BCUT2D eigenvalue weighted by Crippen LogP contribution is -2.30. The summed E-state index contributed by atoms with van der Waals surface area (Å²) in [6.07, 6.45) is 70.7. The van der Waals surface area contributed by atoms with Crippen LogP contribution in [0.4, 0.5) is 0 Å². The molecule has 0 aromatic carbocycles. The van der Waals surface area contributed by atoms with Crippen molar-refractivity contribution < 1.29 is 80.2 Å². The second-order valence-electron chi connectivity index (χ2n) is 32.0. The first-order valence-electron chi connectivity index (χ1n) is 45.0. The topological polar surface area (TPSA) is 237 Å². The minimum atomic E-state index is -4.97. The van der Waals surface area contributed by atoms with Crippen molar-refractivity contribution >= 4 is 39.5 Å². The van der Waals surface area contributed by atoms with Gasteiger partial charge in [-0.1, -0.05) is 414 Å². The molecule has 17 nitrogen and oxygen atoms in total. The Bertz CT molecular complexity index is 2030. The Balaban J connectivity index is 5.25. The number of phosphoric acid groups is 2. The van der Waals surface area contributed by atoms with Crippen molar-refractivity contribution in [3.8, 4) is 0 Å². The summed E-state index contributed by atoms with van der Waals surface area (Å²) in [7, 11) is -9.93. The zero-order valence-electron chi connectivity index (χ0n) is 69.7. The molecule has 0 rings (SSSR count). The minimum Gasteiger partial charge on any atom is -0.462 e. The SMILES string of the molecule is CCCCCCCCCCCCCCCCCCCC(=O)OC[C@H](COP(=O)(O)OC[C@@H](O)COP(=O)(O)OC[C@@H](COC(=O)CCCCCCCCCCCCC(C)C)OC(=O)CCCCCCCCCCCCCCCC)OC(=O)CCCCCCCCCCCCCCCCCCCCC(C)CC. The van der Waals surface area contributed by atoms with Crippen molar-refractivity contribution in [3.63, 3.8) is 0 Å². The van der Waals surface area contributed by atoms with Crippen molar-refractivity contribution in [2.75, 3.05) is 39.6 Å². The molecule has 0 bridgehead atoms. The van der Waals surface area contributed by atoms with Gasteiger partial charge in [-0.25, -0.2) is 9.13 Å². The van der Waals surface area contributed by atoms with Gasteiger partial charge in [-0.2, -0.15) is 0 Å². The van der Waals surface area contributed by atoms with Gasteiger partial charge in [-0.05, 0) is 37.5 Å². The van der Waals surface area contributed by atoms with Gasteiger partial charge in [-0.3, -0.25) is 37.3 Å². The van der Waals surface area contributed by atoms with Gasteiger partial charge in [0, 0.05) is 25.7 Å². The first kappa shape index (κ1) is 104. The van der Waals surface area contributed by atoms with Gasteiger partial charge < -0.3 is 33.8 Å². The highest BCUT2D eigenvalue weighted by Gasteiger charge is 2.30. The number of carbonyl (C=O) groups is 4. The zero-order chi connectivity index (χ0) is 77.8. The number of phosphoric ester groups is 2. The lowest BCUT2D eigenvalue weighted by Gasteiger charge is -2.21. The maximum atomic E-state index is 13.2. The summed E-state index contributed by atoms with van der Waals surface area (Å²) in [5, 5.41) is 10.7. The van der Waals surface area contributed by atoms with E-state index in [9.17, 15) is 43.2 Å². The highest BCUT2D eigenvalue weighted by atomic mass is 31.2. The maximum Gasteiger partial charge on any atom is 0.472 e. The van der Waals surface area contributed by atoms with Crippen LogP contribution in [-0.4, -0.2) is 96.7 Å². The molecular weight excluding hydrogens is 1380 g/mol. The van der Waals surface area contributed by atoms with Crippen LogP contribution in [0.3, 0.4) is 0 Å². The quantitative estimate of drug-likeness (QED) is 0.0222. The number of ether oxygens (including phenoxy) is 4. The fraction of sp³-hybridized carbons (Fsp3) is 0.954. The Morgan fingerprint density at radius 3 is 0.717 bits per heavy atom. The van der Waals surface area contributed by atoms with Crippen LogP contribution in [0.25, 0.3) is 0 Å². The monoisotopic (exact) mass is 1550 g/mol. The average molecular weight is 1550 g/mol. The highest BCUT2D eigenvalue weighted by Crippen LogP contribution is 2.45. The Labute approximate surface area is 651 Å². The summed E-state index contributed by atoms with van der Waals surface area (Å²) in [5.74, 6) is -0.469. The average Bonchev–Trinajstić information content (AvgIpc) is 0.907. The Morgan fingerprint density at radius 2 is 0.481 bits per heavy atom. The van der Waals surface area contributed by atoms with Crippen molar-refractivity contribution in [3.05, 3.63) is 0 Å². The maximum absolute atomic E-state index is 13.2. The second-order valence-corrected chi connectivity index (χ2v) is 34.9. The number of hydrogen-bond donors (Lipinski definition) is 3. The van der Waals surface area contributed by atoms with E-state index in [1.165, 1.54) is 283 Å². The molecule has 0 aliphatic rings. The zero-order valence-corrected chi connectivity index (χ0v) is 71.5. The molecule has 3 unspecified atom stereocenters. The van der Waals surface area contributed by atoms with Crippen LogP contribution in [0.5, 0.6) is 0 Å². The van der Waals surface area contributed by atoms with Crippen molar-refractivity contribution in [2.24, 2.45) is 11.8 Å². The van der Waals surface area contributed by atoms with Gasteiger partial charge in [0.15, 0.2) is 12.2 Å². The molecule has 0 saturated carbocycles. The largest absolute Gasteiger partial charge is 0.472 e. The normalized spacial score (nSPS) is 14.1. The summed E-state index contributed by atoms with van der Waals surface area (Å²) in [6, 6.07) is 0. The Morgan fingerprint density at radius 1 is 0.274 bits per heavy atom. The summed E-state index contributed by atoms with van der Waals surface area (Å²) < 4.78 is 69.0. The molecule has 6 atom stereocenters. The van der Waals surface area contributed by atoms with E-state index < -0.39 is 97.5 Å². The molecule has 0 heterocycles. The van der Waals surface area contributed by atoms with Gasteiger partial charge in [0.05, 0.1) is 26.4 Å². The third-order valence-electron chi connectivity index (χ3n) is 20.8. The number of aliphatic hydroxyl groups excluding tert-OH is 1. The molecule has 630 valence electrons. The van der Waals surface area contributed by atoms with Gasteiger partial charge in [-0.15, -0.1) is 0 Å². The third kappa shape index (κ3) is 78.7. The van der Waals surface area contributed by atoms with E-state index in [-0.39, 0.29) is 25.7 Å². The van der Waals surface area contributed by atoms with Gasteiger partial charge in [0.1, 0.15) is 19.3 Å². The van der Waals surface area contributed by atoms with E-state index in [0.29, 0.717) is 25.7 Å². The predicted octanol–water partition coefficient (Wildman–Crippen LogP) is 26.6. The number of carbonyl (C=O) groups excluding carboxylic acids is 4. The molecule has 0 fully saturated rings. The Hall–Kier alpha value is -1.94. The number of rotatable bonds is 86. The van der Waals surface area contributed by atoms with Crippen molar-refractivity contribution in [2.45, 2.75) is 484 Å². The lowest BCUT2D eigenvalue weighted by molar-refractivity contribution is -0.161. The molecular formula is C87H170O17P2. The van der Waals surface area contributed by atoms with E-state index in [0.717, 1.165) is 102 Å². The van der Waals surface area contributed by atoms with Crippen LogP contribution in [0.15, 0.2) is 0 Å². The van der Waals surface area contributed by atoms with E-state index in [2.05, 4.69) is 41.5 Å². The van der Waals surface area contributed by atoms with Crippen LogP contribution in [0.1, 0.15) is 465 Å². The summed E-state index contributed by atoms with van der Waals surface area (Å²) in [4.78, 5) is 73.3. The standard InChI is InChI=1S/C87H170O17P2/c1-7-10-12-14-16-18-20-22-24-27-31-35-38-45-51-57-63-69-84(89)97-75-82(103-87(92)72-66-60-54-48-40-36-32-29-26-25-28-30-33-37-44-50-56-62-68-80(6)9-3)77-101-105(93,94)99-73-81(88)74-100-106(95,96)102-78-83(76-98-85(90)70-64-58-52-46-42-41-43-49-55-61-67-79(4)5)104-86(91)71-65-59-53-47-39-34-23-21-19-17-15-13-11-8-2/h79-83,88H,7-78H2,1-6H3,(H,93,94)(H,95,96)/t80?,81-,82-,83-/m1/s1. The number of hydrogen-bond acceptors (Lipinski definition) is 15. The fourth-order valence-corrected chi connectivity index (χ4v) is 15.1. The molecule has 0 amide bonds. The molecule has 0 radical (unpaired) electrons. The van der Waals surface area contributed by atoms with Gasteiger partial charge in [0.2, 0.25) is 0 Å². The molecule has 3 N–H and O–H groups in total. The van der Waals surface area contributed by atoms with E-state index in [4.69, 9.17) is 37.0 Å². The van der Waals surface area contributed by atoms with E-state index in [1.54, 1.807) is 0 Å². The van der Waals surface area contributed by atoms with Crippen LogP contribution in [-0.2, 0) is 65.4 Å². The molecule has 0 aromatic heterocycles. The highest BCUT2D eigenvalue weighted by molar-refractivity contribution is 7.47. The van der Waals surface area contributed by atoms with Crippen LogP contribution < -0.4 is 0 Å².